The molecule has 0 radical (unpaired) electrons. The maximum absolute atomic E-state index is 14.5. The molecular formula is C16H11Cl3FN3O2S. The van der Waals surface area contributed by atoms with E-state index in [0.29, 0.717) is 16.1 Å². The van der Waals surface area contributed by atoms with Gasteiger partial charge in [-0.05, 0) is 41.5 Å². The molecule has 26 heavy (non-hydrogen) atoms. The molecule has 3 aromatic rings. The third kappa shape index (κ3) is 3.87. The lowest BCUT2D eigenvalue weighted by molar-refractivity contribution is 0.403. The predicted octanol–water partition coefficient (Wildman–Crippen LogP) is 4.40. The number of hydrogen-bond donors (Lipinski definition) is 1. The van der Waals surface area contributed by atoms with Gasteiger partial charge >= 0.3 is 0 Å². The van der Waals surface area contributed by atoms with E-state index >= 15 is 0 Å². The van der Waals surface area contributed by atoms with Crippen LogP contribution in [0.2, 0.25) is 5.02 Å². The largest absolute Gasteiger partial charge is 0.285 e. The summed E-state index contributed by atoms with van der Waals surface area (Å²) in [5.74, 6) is 0. The van der Waals surface area contributed by atoms with E-state index in [0.717, 1.165) is 4.68 Å². The second-order valence-corrected chi connectivity index (χ2v) is 8.57. The van der Waals surface area contributed by atoms with Crippen molar-refractivity contribution in [1.29, 1.82) is 0 Å². The number of nitrogens with zero attached hydrogens (tertiary/aromatic N) is 2. The summed E-state index contributed by atoms with van der Waals surface area (Å²) in [5, 5.41) is 9.78. The molecule has 0 fully saturated rings. The number of aromatic nitrogens is 2. The van der Waals surface area contributed by atoms with Gasteiger partial charge in [-0.2, -0.15) is 5.10 Å². The van der Waals surface area contributed by atoms with Gasteiger partial charge in [0.15, 0.2) is 0 Å². The van der Waals surface area contributed by atoms with Crippen LogP contribution in [0.5, 0.6) is 0 Å². The van der Waals surface area contributed by atoms with Crippen LogP contribution in [0.1, 0.15) is 5.56 Å². The van der Waals surface area contributed by atoms with Gasteiger partial charge in [-0.15, -0.1) is 0 Å². The predicted molar refractivity (Wildman–Crippen MR) is 99.9 cm³/mol. The Morgan fingerprint density at radius 2 is 1.77 bits per heavy atom. The Bertz CT molecular complexity index is 1050. The number of benzene rings is 2. The number of nitrogens with two attached hydrogens (primary N) is 1. The molecule has 2 N–H and O–H groups in total. The van der Waals surface area contributed by atoms with Crippen LogP contribution in [-0.4, -0.2) is 18.2 Å². The van der Waals surface area contributed by atoms with Crippen LogP contribution in [-0.2, 0) is 14.6 Å². The average molecular weight is 435 g/mol. The molecule has 3 rings (SSSR count). The number of hydrogen-bond acceptors (Lipinski definition) is 3. The monoisotopic (exact) mass is 433 g/mol. The summed E-state index contributed by atoms with van der Waals surface area (Å²) in [6, 6.07) is 10.7. The summed E-state index contributed by atoms with van der Waals surface area (Å²) in [6.45, 7) is 0. The lowest BCUT2D eigenvalue weighted by Crippen LogP contribution is -2.19. The van der Waals surface area contributed by atoms with E-state index in [4.69, 9.17) is 39.9 Å². The van der Waals surface area contributed by atoms with E-state index in [-0.39, 0.29) is 16.1 Å². The van der Waals surface area contributed by atoms with E-state index in [1.54, 1.807) is 24.3 Å². The molecule has 10 heteroatoms. The average Bonchev–Trinajstić information content (AvgIpc) is 3.07. The Morgan fingerprint density at radius 3 is 2.27 bits per heavy atom. The summed E-state index contributed by atoms with van der Waals surface area (Å²) in [6.07, 6.45) is 2.82. The highest BCUT2D eigenvalue weighted by atomic mass is 35.5. The molecule has 0 aliphatic rings. The van der Waals surface area contributed by atoms with Crippen molar-refractivity contribution in [2.24, 2.45) is 5.14 Å². The number of rotatable bonds is 4. The van der Waals surface area contributed by atoms with E-state index in [1.807, 2.05) is 0 Å². The van der Waals surface area contributed by atoms with Crippen LogP contribution >= 0.6 is 34.8 Å². The molecule has 0 aliphatic carbocycles. The molecule has 0 spiro atoms. The van der Waals surface area contributed by atoms with Crippen molar-refractivity contribution in [2.75, 3.05) is 0 Å². The van der Waals surface area contributed by atoms with Gasteiger partial charge in [0.25, 0.3) is 4.59 Å². The molecule has 0 amide bonds. The van der Waals surface area contributed by atoms with Crippen molar-refractivity contribution in [2.45, 2.75) is 9.48 Å². The van der Waals surface area contributed by atoms with Crippen molar-refractivity contribution >= 4 is 44.8 Å². The van der Waals surface area contributed by atoms with Gasteiger partial charge in [-0.3, -0.25) is 0 Å². The first-order chi connectivity index (χ1) is 12.1. The van der Waals surface area contributed by atoms with Crippen LogP contribution in [0.15, 0.2) is 59.8 Å². The number of alkyl halides is 3. The van der Waals surface area contributed by atoms with Gasteiger partial charge in [-0.25, -0.2) is 22.6 Å². The van der Waals surface area contributed by atoms with Crippen molar-refractivity contribution in [3.63, 3.8) is 0 Å². The van der Waals surface area contributed by atoms with E-state index in [9.17, 15) is 12.8 Å². The molecule has 0 saturated heterocycles. The SMILES string of the molecule is NS(=O)(=O)c1cc(-c2ccc(Cl)cc2)cc(C(F)(Cl)Cl)c1-n1cccn1. The third-order valence-electron chi connectivity index (χ3n) is 3.60. The van der Waals surface area contributed by atoms with Gasteiger partial charge in [-0.1, -0.05) is 46.9 Å². The summed E-state index contributed by atoms with van der Waals surface area (Å²) >= 11 is 17.2. The lowest BCUT2D eigenvalue weighted by Gasteiger charge is -2.20. The highest BCUT2D eigenvalue weighted by Gasteiger charge is 2.34. The molecule has 0 saturated carbocycles. The van der Waals surface area contributed by atoms with Crippen molar-refractivity contribution in [1.82, 2.24) is 9.78 Å². The molecule has 5 nitrogen and oxygen atoms in total. The zero-order valence-corrected chi connectivity index (χ0v) is 16.0. The zero-order chi connectivity index (χ0) is 19.1. The highest BCUT2D eigenvalue weighted by Crippen LogP contribution is 2.43. The van der Waals surface area contributed by atoms with Gasteiger partial charge in [0.05, 0.1) is 5.69 Å². The van der Waals surface area contributed by atoms with Gasteiger partial charge in [0, 0.05) is 23.0 Å². The fourth-order valence-corrected chi connectivity index (χ4v) is 3.67. The molecule has 0 aliphatic heterocycles. The molecule has 2 aromatic carbocycles. The van der Waals surface area contributed by atoms with Crippen molar-refractivity contribution < 1.29 is 12.8 Å². The highest BCUT2D eigenvalue weighted by molar-refractivity contribution is 7.89. The summed E-state index contributed by atoms with van der Waals surface area (Å²) in [4.78, 5) is -0.369. The minimum atomic E-state index is -4.25. The molecule has 0 bridgehead atoms. The Hall–Kier alpha value is -1.64. The van der Waals surface area contributed by atoms with E-state index < -0.39 is 14.6 Å². The first-order valence-corrected chi connectivity index (χ1v) is 9.79. The molecule has 136 valence electrons. The molecule has 0 atom stereocenters. The first kappa shape index (κ1) is 19.1. The van der Waals surface area contributed by atoms with Crippen LogP contribution in [0, 0.1) is 0 Å². The minimum Gasteiger partial charge on any atom is -0.239 e. The fourth-order valence-electron chi connectivity index (χ4n) is 2.49. The summed E-state index contributed by atoms with van der Waals surface area (Å²) in [7, 11) is -4.25. The van der Waals surface area contributed by atoms with Gasteiger partial charge in [0.1, 0.15) is 4.90 Å². The zero-order valence-electron chi connectivity index (χ0n) is 12.9. The quantitative estimate of drug-likeness (QED) is 0.618. The summed E-state index contributed by atoms with van der Waals surface area (Å²) in [5.41, 5.74) is 0.453. The number of primary sulfonamides is 1. The smallest absolute Gasteiger partial charge is 0.239 e. The number of sulfonamides is 1. The molecule has 0 unspecified atom stereocenters. The second kappa shape index (κ2) is 6.83. The fraction of sp³-hybridized carbons (Fsp3) is 0.0625. The van der Waals surface area contributed by atoms with Crippen LogP contribution in [0.3, 0.4) is 0 Å². The summed E-state index contributed by atoms with van der Waals surface area (Å²) < 4.78 is 37.1. The van der Waals surface area contributed by atoms with Gasteiger partial charge in [0.2, 0.25) is 10.0 Å². The Kier molecular flexibility index (Phi) is 5.02. The van der Waals surface area contributed by atoms with Crippen molar-refractivity contribution in [3.8, 4) is 16.8 Å². The van der Waals surface area contributed by atoms with Crippen LogP contribution < -0.4 is 5.14 Å². The normalized spacial score (nSPS) is 12.3. The topological polar surface area (TPSA) is 78.0 Å². The second-order valence-electron chi connectivity index (χ2n) is 5.37. The minimum absolute atomic E-state index is 0.164. The van der Waals surface area contributed by atoms with E-state index in [2.05, 4.69) is 5.10 Å². The molecule has 1 aromatic heterocycles. The Morgan fingerprint density at radius 1 is 1.12 bits per heavy atom. The standard InChI is InChI=1S/C16H11Cl3FN3O2S/c17-12-4-2-10(3-5-12)11-8-13(16(18,19)20)15(23-7-1-6-22-23)14(9-11)26(21,24)25/h1-9H,(H2,21,24,25). The molecule has 1 heterocycles. The Labute approximate surface area is 164 Å². The third-order valence-corrected chi connectivity index (χ3v) is 5.18. The lowest BCUT2D eigenvalue weighted by atomic mass is 10.0. The molecular weight excluding hydrogens is 424 g/mol. The van der Waals surface area contributed by atoms with E-state index in [1.165, 1.54) is 30.6 Å². The van der Waals surface area contributed by atoms with Crippen LogP contribution in [0.4, 0.5) is 4.39 Å². The van der Waals surface area contributed by atoms with Crippen LogP contribution in [0.25, 0.3) is 16.8 Å². The Balaban J connectivity index is 2.40. The number of halogens is 4. The van der Waals surface area contributed by atoms with Crippen molar-refractivity contribution in [3.05, 3.63) is 65.4 Å². The first-order valence-electron chi connectivity index (χ1n) is 7.11. The maximum atomic E-state index is 14.5. The van der Waals surface area contributed by atoms with Gasteiger partial charge < -0.3 is 0 Å². The maximum Gasteiger partial charge on any atom is 0.285 e.